The van der Waals surface area contributed by atoms with Crippen LogP contribution in [0.1, 0.15) is 6.92 Å². The van der Waals surface area contributed by atoms with Crippen molar-refractivity contribution < 1.29 is 14.5 Å². The van der Waals surface area contributed by atoms with Crippen LogP contribution in [0.4, 0.5) is 0 Å². The zero-order valence-electron chi connectivity index (χ0n) is 4.87. The minimum Gasteiger partial charge on any atom is -0.394 e. The van der Waals surface area contributed by atoms with E-state index in [1.807, 2.05) is 6.92 Å². The number of rotatable bonds is 4. The van der Waals surface area contributed by atoms with E-state index in [-0.39, 0.29) is 13.2 Å². The largest absolute Gasteiger partial charge is 0.394 e. The first-order chi connectivity index (χ1) is 3.81. The van der Waals surface area contributed by atoms with Gasteiger partial charge in [0, 0.05) is 6.16 Å². The molecule has 0 radical (unpaired) electrons. The van der Waals surface area contributed by atoms with Crippen molar-refractivity contribution in [3.63, 3.8) is 0 Å². The second kappa shape index (κ2) is 5.45. The van der Waals surface area contributed by atoms with Crippen molar-refractivity contribution >= 4 is 8.38 Å². The minimum atomic E-state index is -1.24. The van der Waals surface area contributed by atoms with Gasteiger partial charge in [0.1, 0.15) is 0 Å². The first-order valence-corrected chi connectivity index (χ1v) is 3.91. The molecular formula is C4H11O3P. The fourth-order valence-corrected chi connectivity index (χ4v) is 0.712. The lowest BCUT2D eigenvalue weighted by Crippen LogP contribution is -1.94. The van der Waals surface area contributed by atoms with E-state index in [0.29, 0.717) is 6.16 Å². The Balaban J connectivity index is 2.86. The van der Waals surface area contributed by atoms with E-state index < -0.39 is 8.38 Å². The Hall–Kier alpha value is 0.310. The summed E-state index contributed by atoms with van der Waals surface area (Å²) in [6.45, 7) is 2.07. The van der Waals surface area contributed by atoms with Crippen LogP contribution in [0, 0.1) is 0 Å². The molecule has 4 heteroatoms. The monoisotopic (exact) mass is 138 g/mol. The van der Waals surface area contributed by atoms with Crippen LogP contribution in [0.2, 0.25) is 0 Å². The normalized spacial score (nSPS) is 13.9. The highest BCUT2D eigenvalue weighted by Gasteiger charge is 1.97. The van der Waals surface area contributed by atoms with Crippen LogP contribution in [0.3, 0.4) is 0 Å². The lowest BCUT2D eigenvalue weighted by atomic mass is 10.8. The van der Waals surface area contributed by atoms with Crippen LogP contribution in [0.5, 0.6) is 0 Å². The molecule has 0 amide bonds. The Bertz CT molecular complexity index is 50.5. The summed E-state index contributed by atoms with van der Waals surface area (Å²) in [6, 6.07) is 0. The van der Waals surface area contributed by atoms with Gasteiger partial charge in [-0.3, -0.25) is 0 Å². The van der Waals surface area contributed by atoms with Crippen molar-refractivity contribution in [3.05, 3.63) is 0 Å². The zero-order valence-corrected chi connectivity index (χ0v) is 5.77. The Morgan fingerprint density at radius 2 is 2.25 bits per heavy atom. The maximum atomic E-state index is 8.72. The van der Waals surface area contributed by atoms with Crippen molar-refractivity contribution in [2.75, 3.05) is 19.4 Å². The number of hydrogen-bond donors (Lipinski definition) is 2. The maximum absolute atomic E-state index is 8.72. The molecule has 0 aliphatic heterocycles. The molecule has 0 bridgehead atoms. The summed E-state index contributed by atoms with van der Waals surface area (Å²) in [5.74, 6) is 0. The molecule has 3 nitrogen and oxygen atoms in total. The van der Waals surface area contributed by atoms with Crippen LogP contribution < -0.4 is 0 Å². The molecule has 0 aromatic carbocycles. The minimum absolute atomic E-state index is 0.0145. The molecule has 0 spiro atoms. The predicted molar refractivity (Wildman–Crippen MR) is 32.7 cm³/mol. The van der Waals surface area contributed by atoms with Gasteiger partial charge >= 0.3 is 0 Å². The van der Waals surface area contributed by atoms with Crippen LogP contribution in [0.25, 0.3) is 0 Å². The van der Waals surface area contributed by atoms with Gasteiger partial charge in [-0.25, -0.2) is 0 Å². The second-order valence-electron chi connectivity index (χ2n) is 1.23. The summed E-state index contributed by atoms with van der Waals surface area (Å²) in [6.07, 6.45) is 0.634. The fraction of sp³-hybridized carbons (Fsp3) is 1.00. The highest BCUT2D eigenvalue weighted by Crippen LogP contribution is 2.29. The fourth-order valence-electron chi connectivity index (χ4n) is 0.237. The topological polar surface area (TPSA) is 49.7 Å². The maximum Gasteiger partial charge on any atom is 0.167 e. The van der Waals surface area contributed by atoms with Crippen LogP contribution in [-0.4, -0.2) is 29.4 Å². The molecule has 50 valence electrons. The van der Waals surface area contributed by atoms with Gasteiger partial charge in [-0.2, -0.15) is 0 Å². The molecule has 0 saturated carbocycles. The number of aliphatic hydroxyl groups excluding tert-OH is 1. The molecule has 8 heavy (non-hydrogen) atoms. The molecule has 2 N–H and O–H groups in total. The molecule has 0 fully saturated rings. The van der Waals surface area contributed by atoms with Gasteiger partial charge in [0.05, 0.1) is 13.2 Å². The van der Waals surface area contributed by atoms with Crippen molar-refractivity contribution in [3.8, 4) is 0 Å². The summed E-state index contributed by atoms with van der Waals surface area (Å²) in [7, 11) is -1.24. The first kappa shape index (κ1) is 8.31. The highest BCUT2D eigenvalue weighted by atomic mass is 31.2. The number of aliphatic hydroxyl groups is 1. The standard InChI is InChI=1S/C4H11O3P/c1-2-8(6)7-4-3-5/h5-6H,2-4H2,1H3. The van der Waals surface area contributed by atoms with Gasteiger partial charge < -0.3 is 14.5 Å². The number of hydrogen-bond acceptors (Lipinski definition) is 3. The summed E-state index contributed by atoms with van der Waals surface area (Å²) < 4.78 is 4.71. The van der Waals surface area contributed by atoms with Gasteiger partial charge in [0.25, 0.3) is 0 Å². The predicted octanol–water partition coefficient (Wildman–Crippen LogP) is 0.319. The molecule has 0 aliphatic rings. The van der Waals surface area contributed by atoms with Crippen molar-refractivity contribution in [2.45, 2.75) is 6.92 Å². The third-order valence-electron chi connectivity index (χ3n) is 0.602. The summed E-state index contributed by atoms with van der Waals surface area (Å²) >= 11 is 0. The second-order valence-corrected chi connectivity index (χ2v) is 2.82. The average molecular weight is 138 g/mol. The molecule has 0 saturated heterocycles. The Kier molecular flexibility index (Phi) is 5.66. The Morgan fingerprint density at radius 1 is 1.62 bits per heavy atom. The lowest BCUT2D eigenvalue weighted by Gasteiger charge is -2.04. The van der Waals surface area contributed by atoms with Crippen molar-refractivity contribution in [1.29, 1.82) is 0 Å². The molecule has 1 atom stereocenters. The van der Waals surface area contributed by atoms with Gasteiger partial charge in [0.15, 0.2) is 8.38 Å². The summed E-state index contributed by atoms with van der Waals surface area (Å²) in [4.78, 5) is 8.72. The first-order valence-electron chi connectivity index (χ1n) is 2.51. The third kappa shape index (κ3) is 4.47. The van der Waals surface area contributed by atoms with E-state index in [4.69, 9.17) is 14.5 Å². The average Bonchev–Trinajstić information content (AvgIpc) is 1.83. The lowest BCUT2D eigenvalue weighted by molar-refractivity contribution is 0.201. The van der Waals surface area contributed by atoms with E-state index in [2.05, 4.69) is 0 Å². The summed E-state index contributed by atoms with van der Waals surface area (Å²) in [5.41, 5.74) is 0. The smallest absolute Gasteiger partial charge is 0.167 e. The van der Waals surface area contributed by atoms with Crippen molar-refractivity contribution in [2.24, 2.45) is 0 Å². The van der Waals surface area contributed by atoms with Crippen LogP contribution in [-0.2, 0) is 4.52 Å². The zero-order chi connectivity index (χ0) is 6.41. The molecule has 1 unspecified atom stereocenters. The molecule has 0 aromatic rings. The Morgan fingerprint density at radius 3 is 2.62 bits per heavy atom. The molecule has 0 aromatic heterocycles. The van der Waals surface area contributed by atoms with Crippen LogP contribution in [0.15, 0.2) is 0 Å². The van der Waals surface area contributed by atoms with Gasteiger partial charge in [-0.1, -0.05) is 6.92 Å². The third-order valence-corrected chi connectivity index (χ3v) is 1.62. The van der Waals surface area contributed by atoms with E-state index in [1.54, 1.807) is 0 Å². The Labute approximate surface area is 50.2 Å². The van der Waals surface area contributed by atoms with Crippen LogP contribution >= 0.6 is 8.38 Å². The highest BCUT2D eigenvalue weighted by molar-refractivity contribution is 7.46. The van der Waals surface area contributed by atoms with E-state index in [0.717, 1.165) is 0 Å². The van der Waals surface area contributed by atoms with E-state index >= 15 is 0 Å². The molecule has 0 aliphatic carbocycles. The quantitative estimate of drug-likeness (QED) is 0.550. The molecular weight excluding hydrogens is 127 g/mol. The van der Waals surface area contributed by atoms with E-state index in [9.17, 15) is 0 Å². The molecule has 0 rings (SSSR count). The van der Waals surface area contributed by atoms with Gasteiger partial charge in [-0.05, 0) is 0 Å². The molecule has 0 heterocycles. The SMILES string of the molecule is CCP(O)OCCO. The van der Waals surface area contributed by atoms with Gasteiger partial charge in [-0.15, -0.1) is 0 Å². The van der Waals surface area contributed by atoms with Crippen molar-refractivity contribution in [1.82, 2.24) is 0 Å². The summed E-state index contributed by atoms with van der Waals surface area (Å²) in [5, 5.41) is 8.18. The van der Waals surface area contributed by atoms with Gasteiger partial charge in [0.2, 0.25) is 0 Å². The van der Waals surface area contributed by atoms with E-state index in [1.165, 1.54) is 0 Å².